The van der Waals surface area contributed by atoms with Gasteiger partial charge in [0.25, 0.3) is 0 Å². The fourth-order valence-electron chi connectivity index (χ4n) is 2.20. The molecule has 0 aliphatic carbocycles. The predicted octanol–water partition coefficient (Wildman–Crippen LogP) is 1.99. The zero-order valence-corrected chi connectivity index (χ0v) is 10.5. The van der Waals surface area contributed by atoms with Crippen molar-refractivity contribution in [1.82, 2.24) is 4.90 Å². The normalized spacial score (nSPS) is 15.6. The molecule has 1 aromatic carbocycles. The molecular weight excluding hydrogens is 230 g/mol. The Morgan fingerprint density at radius 3 is 2.83 bits per heavy atom. The van der Waals surface area contributed by atoms with Crippen molar-refractivity contribution >= 4 is 11.9 Å². The van der Waals surface area contributed by atoms with Crippen LogP contribution >= 0.6 is 0 Å². The van der Waals surface area contributed by atoms with Gasteiger partial charge in [-0.25, -0.2) is 4.79 Å². The van der Waals surface area contributed by atoms with Crippen molar-refractivity contribution in [3.8, 4) is 0 Å². The largest absolute Gasteiger partial charge is 0.465 e. The lowest BCUT2D eigenvalue weighted by atomic mass is 10.0. The van der Waals surface area contributed by atoms with Crippen molar-refractivity contribution in [2.75, 3.05) is 13.7 Å². The van der Waals surface area contributed by atoms with Gasteiger partial charge in [0.1, 0.15) is 0 Å². The van der Waals surface area contributed by atoms with Crippen LogP contribution in [0.25, 0.3) is 0 Å². The molecule has 0 aromatic heterocycles. The summed E-state index contributed by atoms with van der Waals surface area (Å²) < 4.78 is 4.75. The van der Waals surface area contributed by atoms with E-state index in [0.29, 0.717) is 18.5 Å². The monoisotopic (exact) mass is 247 g/mol. The zero-order chi connectivity index (χ0) is 13.0. The highest BCUT2D eigenvalue weighted by atomic mass is 16.5. The first-order chi connectivity index (χ1) is 8.72. The molecule has 0 spiro atoms. The van der Waals surface area contributed by atoms with E-state index < -0.39 is 0 Å². The number of ether oxygens (including phenoxy) is 1. The maximum Gasteiger partial charge on any atom is 0.338 e. The average molecular weight is 247 g/mol. The first-order valence-electron chi connectivity index (χ1n) is 6.16. The molecule has 0 atom stereocenters. The van der Waals surface area contributed by atoms with E-state index in [-0.39, 0.29) is 11.9 Å². The van der Waals surface area contributed by atoms with Crippen LogP contribution in [0.4, 0.5) is 0 Å². The minimum atomic E-state index is -0.352. The van der Waals surface area contributed by atoms with E-state index >= 15 is 0 Å². The van der Waals surface area contributed by atoms with Crippen molar-refractivity contribution in [2.45, 2.75) is 25.8 Å². The second-order valence-electron chi connectivity index (χ2n) is 4.42. The number of amides is 1. The summed E-state index contributed by atoms with van der Waals surface area (Å²) in [5.74, 6) is -0.184. The molecule has 1 fully saturated rings. The van der Waals surface area contributed by atoms with Gasteiger partial charge in [-0.2, -0.15) is 0 Å². The smallest absolute Gasteiger partial charge is 0.338 e. The summed E-state index contributed by atoms with van der Waals surface area (Å²) in [7, 11) is 1.37. The van der Waals surface area contributed by atoms with Crippen LogP contribution < -0.4 is 0 Å². The highest BCUT2D eigenvalue weighted by Crippen LogP contribution is 2.17. The Morgan fingerprint density at radius 2 is 2.11 bits per heavy atom. The van der Waals surface area contributed by atoms with Gasteiger partial charge in [0.2, 0.25) is 5.91 Å². The summed E-state index contributed by atoms with van der Waals surface area (Å²) in [4.78, 5) is 25.2. The number of methoxy groups -OCH3 is 1. The van der Waals surface area contributed by atoms with Crippen molar-refractivity contribution in [2.24, 2.45) is 0 Å². The lowest BCUT2D eigenvalue weighted by Crippen LogP contribution is -2.35. The molecule has 96 valence electrons. The number of likely N-dealkylation sites (tertiary alicyclic amines) is 1. The van der Waals surface area contributed by atoms with Gasteiger partial charge in [-0.15, -0.1) is 0 Å². The van der Waals surface area contributed by atoms with Gasteiger partial charge in [-0.05, 0) is 24.5 Å². The number of piperidine rings is 1. The van der Waals surface area contributed by atoms with Crippen LogP contribution in [-0.4, -0.2) is 30.4 Å². The Labute approximate surface area is 107 Å². The molecule has 1 aromatic rings. The molecule has 0 saturated carbocycles. The van der Waals surface area contributed by atoms with Gasteiger partial charge in [0, 0.05) is 19.5 Å². The van der Waals surface area contributed by atoms with E-state index in [1.807, 2.05) is 17.0 Å². The average Bonchev–Trinajstić information content (AvgIpc) is 2.41. The van der Waals surface area contributed by atoms with Gasteiger partial charge in [-0.1, -0.05) is 18.2 Å². The van der Waals surface area contributed by atoms with Crippen LogP contribution in [-0.2, 0) is 16.1 Å². The van der Waals surface area contributed by atoms with Crippen molar-refractivity contribution in [3.63, 3.8) is 0 Å². The van der Waals surface area contributed by atoms with Gasteiger partial charge < -0.3 is 9.64 Å². The van der Waals surface area contributed by atoms with E-state index in [9.17, 15) is 9.59 Å². The van der Waals surface area contributed by atoms with E-state index in [0.717, 1.165) is 24.9 Å². The molecule has 0 unspecified atom stereocenters. The molecule has 1 aliphatic rings. The highest BCUT2D eigenvalue weighted by Gasteiger charge is 2.20. The van der Waals surface area contributed by atoms with E-state index in [1.54, 1.807) is 12.1 Å². The maximum absolute atomic E-state index is 11.8. The fraction of sp³-hybridized carbons (Fsp3) is 0.429. The number of hydrogen-bond donors (Lipinski definition) is 0. The topological polar surface area (TPSA) is 46.6 Å². The molecule has 2 rings (SSSR count). The second-order valence-corrected chi connectivity index (χ2v) is 4.42. The van der Waals surface area contributed by atoms with Gasteiger partial charge in [0.15, 0.2) is 0 Å². The molecule has 1 saturated heterocycles. The Morgan fingerprint density at radius 1 is 1.33 bits per heavy atom. The molecule has 4 heteroatoms. The third-order valence-electron chi connectivity index (χ3n) is 3.21. The minimum absolute atomic E-state index is 0.168. The molecule has 4 nitrogen and oxygen atoms in total. The van der Waals surface area contributed by atoms with E-state index in [4.69, 9.17) is 4.74 Å². The van der Waals surface area contributed by atoms with Gasteiger partial charge in [-0.3, -0.25) is 4.79 Å². The number of esters is 1. The Kier molecular flexibility index (Phi) is 3.97. The molecule has 0 bridgehead atoms. The summed E-state index contributed by atoms with van der Waals surface area (Å²) in [5.41, 5.74) is 1.39. The van der Waals surface area contributed by atoms with Crippen LogP contribution in [0.5, 0.6) is 0 Å². The lowest BCUT2D eigenvalue weighted by Gasteiger charge is -2.27. The maximum atomic E-state index is 11.8. The number of carbonyl (C=O) groups is 2. The molecular formula is C14H17NO3. The molecule has 1 amide bonds. The number of nitrogens with zero attached hydrogens (tertiary/aromatic N) is 1. The number of benzene rings is 1. The fourth-order valence-corrected chi connectivity index (χ4v) is 2.20. The van der Waals surface area contributed by atoms with Gasteiger partial charge in [0.05, 0.1) is 12.7 Å². The van der Waals surface area contributed by atoms with Gasteiger partial charge >= 0.3 is 5.97 Å². The first-order valence-corrected chi connectivity index (χ1v) is 6.16. The third kappa shape index (κ3) is 2.70. The molecule has 0 radical (unpaired) electrons. The van der Waals surface area contributed by atoms with Crippen LogP contribution in [0.3, 0.4) is 0 Å². The molecule has 18 heavy (non-hydrogen) atoms. The van der Waals surface area contributed by atoms with Crippen LogP contribution in [0.2, 0.25) is 0 Å². The van der Waals surface area contributed by atoms with Crippen LogP contribution in [0.1, 0.15) is 35.2 Å². The highest BCUT2D eigenvalue weighted by molar-refractivity contribution is 5.91. The van der Waals surface area contributed by atoms with Crippen molar-refractivity contribution in [3.05, 3.63) is 35.4 Å². The SMILES string of the molecule is COC(=O)c1ccccc1CN1CCCCC1=O. The number of carbonyl (C=O) groups excluding carboxylic acids is 2. The third-order valence-corrected chi connectivity index (χ3v) is 3.21. The quantitative estimate of drug-likeness (QED) is 0.767. The Hall–Kier alpha value is -1.84. The van der Waals surface area contributed by atoms with E-state index in [1.165, 1.54) is 7.11 Å². The molecule has 1 heterocycles. The minimum Gasteiger partial charge on any atom is -0.465 e. The van der Waals surface area contributed by atoms with Crippen molar-refractivity contribution in [1.29, 1.82) is 0 Å². The van der Waals surface area contributed by atoms with Crippen LogP contribution in [0, 0.1) is 0 Å². The summed E-state index contributed by atoms with van der Waals surface area (Å²) in [5, 5.41) is 0. The lowest BCUT2D eigenvalue weighted by molar-refractivity contribution is -0.133. The molecule has 0 N–H and O–H groups in total. The van der Waals surface area contributed by atoms with E-state index in [2.05, 4.69) is 0 Å². The molecule has 1 aliphatic heterocycles. The zero-order valence-electron chi connectivity index (χ0n) is 10.5. The Bertz CT molecular complexity index is 456. The second kappa shape index (κ2) is 5.67. The predicted molar refractivity (Wildman–Crippen MR) is 67.0 cm³/mol. The van der Waals surface area contributed by atoms with Crippen LogP contribution in [0.15, 0.2) is 24.3 Å². The number of hydrogen-bond acceptors (Lipinski definition) is 3. The summed E-state index contributed by atoms with van der Waals surface area (Å²) in [6.07, 6.45) is 2.61. The summed E-state index contributed by atoms with van der Waals surface area (Å²) in [6.45, 7) is 1.26. The Balaban J connectivity index is 2.18. The summed E-state index contributed by atoms with van der Waals surface area (Å²) in [6, 6.07) is 7.27. The van der Waals surface area contributed by atoms with Crippen molar-refractivity contribution < 1.29 is 14.3 Å². The summed E-state index contributed by atoms with van der Waals surface area (Å²) >= 11 is 0. The first kappa shape index (κ1) is 12.6. The standard InChI is InChI=1S/C14H17NO3/c1-18-14(17)12-7-3-2-6-11(12)10-15-9-5-4-8-13(15)16/h2-3,6-7H,4-5,8-10H2,1H3. The number of rotatable bonds is 3.